The molecule has 0 aromatic heterocycles. The Bertz CT molecular complexity index is 241. The van der Waals surface area contributed by atoms with E-state index in [2.05, 4.69) is 10.1 Å². The Morgan fingerprint density at radius 1 is 1.47 bits per heavy atom. The minimum Gasteiger partial charge on any atom is -0.467 e. The highest BCUT2D eigenvalue weighted by atomic mass is 35.5. The monoisotopic (exact) mass is 235 g/mol. The lowest BCUT2D eigenvalue weighted by Gasteiger charge is -2.23. The molecule has 0 spiro atoms. The summed E-state index contributed by atoms with van der Waals surface area (Å²) in [5.74, 6) is -0.470. The molecule has 15 heavy (non-hydrogen) atoms. The van der Waals surface area contributed by atoms with Gasteiger partial charge in [-0.2, -0.15) is 0 Å². The van der Waals surface area contributed by atoms with E-state index < -0.39 is 17.4 Å². The van der Waals surface area contributed by atoms with Crippen molar-refractivity contribution >= 4 is 23.5 Å². The lowest BCUT2D eigenvalue weighted by molar-refractivity contribution is -0.146. The van der Waals surface area contributed by atoms with Crippen molar-refractivity contribution in [2.75, 3.05) is 13.0 Å². The maximum Gasteiger partial charge on any atom is 0.328 e. The van der Waals surface area contributed by atoms with Crippen LogP contribution in [-0.2, 0) is 14.3 Å². The van der Waals surface area contributed by atoms with Gasteiger partial charge in [0.25, 0.3) is 0 Å². The number of hydrogen-bond donors (Lipinski definition) is 1. The first-order valence-electron chi connectivity index (χ1n) is 4.83. The Morgan fingerprint density at radius 3 is 2.33 bits per heavy atom. The average Bonchev–Trinajstić information content (AvgIpc) is 2.24. The number of ether oxygens (including phenoxy) is 1. The molecule has 0 aromatic rings. The van der Waals surface area contributed by atoms with E-state index in [-0.39, 0.29) is 11.8 Å². The fourth-order valence-corrected chi connectivity index (χ4v) is 1.01. The number of alkyl halides is 1. The van der Waals surface area contributed by atoms with Crippen molar-refractivity contribution in [3.05, 3.63) is 0 Å². The van der Waals surface area contributed by atoms with Crippen molar-refractivity contribution in [2.45, 2.75) is 33.2 Å². The molecule has 1 N–H and O–H groups in total. The van der Waals surface area contributed by atoms with Gasteiger partial charge in [-0.3, -0.25) is 4.79 Å². The molecule has 0 saturated carbocycles. The van der Waals surface area contributed by atoms with Gasteiger partial charge in [0.15, 0.2) is 0 Å². The third kappa shape index (κ3) is 4.08. The van der Waals surface area contributed by atoms with Gasteiger partial charge < -0.3 is 10.1 Å². The quantitative estimate of drug-likeness (QED) is 0.578. The van der Waals surface area contributed by atoms with E-state index in [1.807, 2.05) is 0 Å². The van der Waals surface area contributed by atoms with Crippen LogP contribution in [-0.4, -0.2) is 30.9 Å². The van der Waals surface area contributed by atoms with Gasteiger partial charge in [-0.25, -0.2) is 4.79 Å². The fourth-order valence-electron chi connectivity index (χ4n) is 0.884. The van der Waals surface area contributed by atoms with Crippen molar-refractivity contribution in [1.82, 2.24) is 5.32 Å². The molecular formula is C10H18ClNO3. The van der Waals surface area contributed by atoms with Gasteiger partial charge >= 0.3 is 5.97 Å². The van der Waals surface area contributed by atoms with Crippen LogP contribution in [0.1, 0.15) is 27.2 Å². The zero-order valence-electron chi connectivity index (χ0n) is 9.59. The minimum absolute atomic E-state index is 0.205. The SMILES string of the molecule is CCC(NC(=O)C(C)(C)CCl)C(=O)OC. The van der Waals surface area contributed by atoms with Crippen LogP contribution in [0, 0.1) is 5.41 Å². The number of amides is 1. The molecule has 0 rings (SSSR count). The fraction of sp³-hybridized carbons (Fsp3) is 0.800. The molecule has 0 fully saturated rings. The highest BCUT2D eigenvalue weighted by Gasteiger charge is 2.30. The van der Waals surface area contributed by atoms with Gasteiger partial charge in [-0.1, -0.05) is 6.92 Å². The molecule has 0 aliphatic rings. The second-order valence-electron chi connectivity index (χ2n) is 3.97. The Kier molecular flexibility index (Phi) is 5.65. The topological polar surface area (TPSA) is 55.4 Å². The molecule has 5 heteroatoms. The predicted molar refractivity (Wildman–Crippen MR) is 58.7 cm³/mol. The first-order chi connectivity index (χ1) is 6.88. The number of esters is 1. The van der Waals surface area contributed by atoms with E-state index in [0.29, 0.717) is 6.42 Å². The number of carbonyl (C=O) groups excluding carboxylic acids is 2. The maximum absolute atomic E-state index is 11.7. The number of rotatable bonds is 5. The smallest absolute Gasteiger partial charge is 0.328 e. The Morgan fingerprint density at radius 2 is 2.00 bits per heavy atom. The second-order valence-corrected chi connectivity index (χ2v) is 4.24. The Labute approximate surface area is 95.3 Å². The lowest BCUT2D eigenvalue weighted by atomic mass is 9.94. The van der Waals surface area contributed by atoms with E-state index in [1.54, 1.807) is 20.8 Å². The molecule has 1 amide bonds. The van der Waals surface area contributed by atoms with Crippen LogP contribution in [0.2, 0.25) is 0 Å². The molecule has 0 aromatic carbocycles. The number of halogens is 1. The summed E-state index contributed by atoms with van der Waals surface area (Å²) in [5.41, 5.74) is -0.678. The van der Waals surface area contributed by atoms with Gasteiger partial charge in [0.1, 0.15) is 6.04 Å². The van der Waals surface area contributed by atoms with E-state index >= 15 is 0 Å². The van der Waals surface area contributed by atoms with E-state index in [0.717, 1.165) is 0 Å². The van der Waals surface area contributed by atoms with Crippen molar-refractivity contribution in [1.29, 1.82) is 0 Å². The van der Waals surface area contributed by atoms with Crippen LogP contribution in [0.15, 0.2) is 0 Å². The summed E-state index contributed by atoms with van der Waals surface area (Å²) in [6, 6.07) is -0.593. The van der Waals surface area contributed by atoms with Crippen LogP contribution in [0.25, 0.3) is 0 Å². The summed E-state index contributed by atoms with van der Waals surface area (Å²) < 4.78 is 4.56. The van der Waals surface area contributed by atoms with Crippen molar-refractivity contribution < 1.29 is 14.3 Å². The number of hydrogen-bond acceptors (Lipinski definition) is 3. The van der Waals surface area contributed by atoms with Crippen LogP contribution in [0.5, 0.6) is 0 Å². The molecule has 0 aliphatic heterocycles. The number of nitrogens with one attached hydrogen (secondary N) is 1. The predicted octanol–water partition coefficient (Wildman–Crippen LogP) is 1.32. The number of methoxy groups -OCH3 is 1. The van der Waals surface area contributed by atoms with Crippen molar-refractivity contribution in [3.8, 4) is 0 Å². The molecule has 1 unspecified atom stereocenters. The van der Waals surface area contributed by atoms with Crippen LogP contribution in [0.4, 0.5) is 0 Å². The van der Waals surface area contributed by atoms with Gasteiger partial charge in [-0.15, -0.1) is 11.6 Å². The molecule has 88 valence electrons. The first-order valence-corrected chi connectivity index (χ1v) is 5.37. The first kappa shape index (κ1) is 14.2. The molecular weight excluding hydrogens is 218 g/mol. The molecule has 0 heterocycles. The Balaban J connectivity index is 4.44. The summed E-state index contributed by atoms with van der Waals surface area (Å²) >= 11 is 5.65. The van der Waals surface area contributed by atoms with Crippen molar-refractivity contribution in [2.24, 2.45) is 5.41 Å². The zero-order valence-corrected chi connectivity index (χ0v) is 10.4. The molecule has 0 saturated heterocycles. The summed E-state index contributed by atoms with van der Waals surface area (Å²) in [6.45, 7) is 5.24. The molecule has 4 nitrogen and oxygen atoms in total. The minimum atomic E-state index is -0.678. The van der Waals surface area contributed by atoms with E-state index in [4.69, 9.17) is 11.6 Å². The van der Waals surface area contributed by atoms with Gasteiger partial charge in [-0.05, 0) is 20.3 Å². The summed E-state index contributed by atoms with van der Waals surface area (Å²) in [6.07, 6.45) is 0.497. The highest BCUT2D eigenvalue weighted by Crippen LogP contribution is 2.17. The van der Waals surface area contributed by atoms with E-state index in [1.165, 1.54) is 7.11 Å². The summed E-state index contributed by atoms with van der Waals surface area (Å²) in [7, 11) is 1.30. The van der Waals surface area contributed by atoms with Crippen LogP contribution >= 0.6 is 11.6 Å². The zero-order chi connectivity index (χ0) is 12.1. The Hall–Kier alpha value is -0.770. The molecule has 0 bridgehead atoms. The summed E-state index contributed by atoms with van der Waals surface area (Å²) in [5, 5.41) is 2.61. The molecule has 1 atom stereocenters. The summed E-state index contributed by atoms with van der Waals surface area (Å²) in [4.78, 5) is 22.9. The maximum atomic E-state index is 11.7. The van der Waals surface area contributed by atoms with Crippen molar-refractivity contribution in [3.63, 3.8) is 0 Å². The molecule has 0 radical (unpaired) electrons. The average molecular weight is 236 g/mol. The van der Waals surface area contributed by atoms with Gasteiger partial charge in [0.2, 0.25) is 5.91 Å². The highest BCUT2D eigenvalue weighted by molar-refractivity contribution is 6.19. The normalized spacial score (nSPS) is 13.1. The largest absolute Gasteiger partial charge is 0.467 e. The standard InChI is InChI=1S/C10H18ClNO3/c1-5-7(8(13)15-4)12-9(14)10(2,3)6-11/h7H,5-6H2,1-4H3,(H,12,14). The van der Waals surface area contributed by atoms with Crippen LogP contribution in [0.3, 0.4) is 0 Å². The van der Waals surface area contributed by atoms with Gasteiger partial charge in [0, 0.05) is 5.88 Å². The third-order valence-corrected chi connectivity index (χ3v) is 2.82. The third-order valence-electron chi connectivity index (χ3n) is 2.15. The molecule has 0 aliphatic carbocycles. The van der Waals surface area contributed by atoms with Crippen LogP contribution < -0.4 is 5.32 Å². The number of carbonyl (C=O) groups is 2. The lowest BCUT2D eigenvalue weighted by Crippen LogP contribution is -2.47. The van der Waals surface area contributed by atoms with Gasteiger partial charge in [0.05, 0.1) is 12.5 Å². The second kappa shape index (κ2) is 5.95. The van der Waals surface area contributed by atoms with E-state index in [9.17, 15) is 9.59 Å².